The molecule has 17 heteroatoms. The highest BCUT2D eigenvalue weighted by molar-refractivity contribution is 8.00. The standard InChI is InChI=1S/C17H35NO.C16H33NO.C15H31NO2.C15H31NO.C15H28O2.C15H30OS.C13H27NO.C12H25NO/c1-12(2)17(13(3)4,11-18-16(8,9)10)14(19)15(5,6)7;1-14(2,3)13(18)16(7,8)11-9-10-12-17-15(4,5)6;1-13(2,3)12(17)15(7,8)11-18-10-9-16-14(4,5)6;1-9-15(10-2,11-16-14(6,7)8)12(17)13(3,4)5;1-13(2,3)11(16)9-10-15(7,8)12(17)14(4,5)6;1-13(2,3)12(16)15(7,8)10-9-11-17-14(4,5)6;1-11(2,3)10(15)13(7,8)9-14-12(4,5)6;1-10(2,3)9(14)12(7,8)13-11(4,5)6/h12-13,18H,11H2,1-10H3;17H,9-12H2,1-8H3;16H,9-11H2,1-8H3;16H,9-11H2,1-8H3;9-10H2,1-8H3;9-11H2,1-8H3;14H,9H2,1-8H3;13H,1-8H3. The Labute approximate surface area is 846 Å². The molecule has 0 aromatic heterocycles. The maximum atomic E-state index is 13.0. The molecule has 0 radical (unpaired) electrons. The smallest absolute Gasteiger partial charge is 0.157 e. The van der Waals surface area contributed by atoms with E-state index in [1.54, 1.807) is 0 Å². The van der Waals surface area contributed by atoms with E-state index < -0.39 is 16.4 Å². The summed E-state index contributed by atoms with van der Waals surface area (Å²) in [6.07, 6.45) is 8.27. The van der Waals surface area contributed by atoms with Crippen molar-refractivity contribution in [2.24, 2.45) is 98.5 Å². The van der Waals surface area contributed by atoms with Gasteiger partial charge in [-0.15, -0.1) is 0 Å². The van der Waals surface area contributed by atoms with Crippen molar-refractivity contribution in [3.05, 3.63) is 0 Å². The van der Waals surface area contributed by atoms with Crippen molar-refractivity contribution in [1.29, 1.82) is 0 Å². The molecule has 0 aromatic carbocycles. The Bertz CT molecular complexity index is 3390. The third-order valence-corrected chi connectivity index (χ3v) is 24.9. The predicted octanol–water partition coefficient (Wildman–Crippen LogP) is 30.1. The van der Waals surface area contributed by atoms with Crippen LogP contribution >= 0.6 is 11.8 Å². The van der Waals surface area contributed by atoms with E-state index in [1.807, 2.05) is 254 Å². The summed E-state index contributed by atoms with van der Waals surface area (Å²) in [5, 5.41) is 20.6. The van der Waals surface area contributed by atoms with E-state index >= 15 is 0 Å². The third kappa shape index (κ3) is 68.1. The summed E-state index contributed by atoms with van der Waals surface area (Å²) in [7, 11) is 0. The van der Waals surface area contributed by atoms with Crippen molar-refractivity contribution in [2.75, 3.05) is 51.7 Å². The molecule has 0 aliphatic heterocycles. The predicted molar refractivity (Wildman–Crippen MR) is 595 cm³/mol. The molecule has 0 aliphatic rings. The van der Waals surface area contributed by atoms with Crippen molar-refractivity contribution in [1.82, 2.24) is 31.9 Å². The Morgan fingerprint density at radius 1 is 0.267 bits per heavy atom. The van der Waals surface area contributed by atoms with Crippen molar-refractivity contribution in [3.8, 4) is 0 Å². The summed E-state index contributed by atoms with van der Waals surface area (Å²) in [5.41, 5.74) is -4.57. The van der Waals surface area contributed by atoms with Gasteiger partial charge in [-0.05, 0) is 208 Å². The second-order valence-corrected chi connectivity index (χ2v) is 62.2. The van der Waals surface area contributed by atoms with Gasteiger partial charge in [-0.1, -0.05) is 325 Å². The second-order valence-electron chi connectivity index (χ2n) is 60.3. The number of ether oxygens (including phenoxy) is 1. The number of unbranched alkanes of at least 4 members (excludes halogenated alkanes) is 1. The van der Waals surface area contributed by atoms with E-state index in [0.29, 0.717) is 71.6 Å². The Kier molecular flexibility index (Phi) is 61.1. The van der Waals surface area contributed by atoms with Crippen LogP contribution in [0.5, 0.6) is 0 Å². The molecule has 16 nitrogen and oxygen atoms in total. The number of hydrogen-bond acceptors (Lipinski definition) is 17. The van der Waals surface area contributed by atoms with Gasteiger partial charge < -0.3 is 36.6 Å². The molecule has 135 heavy (non-hydrogen) atoms. The lowest BCUT2D eigenvalue weighted by Gasteiger charge is -2.45. The van der Waals surface area contributed by atoms with E-state index in [2.05, 4.69) is 247 Å². The molecular weight excluding hydrogens is 1690 g/mol. The summed E-state index contributed by atoms with van der Waals surface area (Å²) < 4.78 is 5.96. The van der Waals surface area contributed by atoms with E-state index in [1.165, 1.54) is 0 Å². The first-order valence-electron chi connectivity index (χ1n) is 52.0. The largest absolute Gasteiger partial charge is 0.379 e. The number of rotatable bonds is 36. The van der Waals surface area contributed by atoms with Crippen molar-refractivity contribution >= 4 is 63.8 Å². The molecule has 0 heterocycles. The number of Topliss-reactive ketones (excluding diaryl/α,β-unsaturated/α-hetero) is 9. The average molecular weight is 1940 g/mol. The van der Waals surface area contributed by atoms with Gasteiger partial charge in [0.05, 0.1) is 18.8 Å². The van der Waals surface area contributed by atoms with Gasteiger partial charge in [-0.3, -0.25) is 43.2 Å². The van der Waals surface area contributed by atoms with Crippen molar-refractivity contribution in [2.45, 2.75) is 558 Å². The normalized spacial score (nSPS) is 14.0. The third-order valence-electron chi connectivity index (χ3n) is 23.6. The average Bonchev–Trinajstić information content (AvgIpc) is 0.769. The van der Waals surface area contributed by atoms with Crippen molar-refractivity contribution in [3.63, 3.8) is 0 Å². The van der Waals surface area contributed by atoms with Crippen LogP contribution in [0.3, 0.4) is 0 Å². The van der Waals surface area contributed by atoms with Gasteiger partial charge >= 0.3 is 0 Å². The van der Waals surface area contributed by atoms with Gasteiger partial charge in [0.2, 0.25) is 0 Å². The summed E-state index contributed by atoms with van der Waals surface area (Å²) in [5.74, 6) is 4.58. The highest BCUT2D eigenvalue weighted by Gasteiger charge is 2.50. The topological polar surface area (TPSA) is 235 Å². The first kappa shape index (κ1) is 147. The molecule has 0 unspecified atom stereocenters. The summed E-state index contributed by atoms with van der Waals surface area (Å²) in [6.45, 7) is 141. The van der Waals surface area contributed by atoms with Crippen LogP contribution in [0.25, 0.3) is 0 Å². The molecule has 0 aliphatic carbocycles. The second kappa shape index (κ2) is 56.0. The summed E-state index contributed by atoms with van der Waals surface area (Å²) in [6, 6.07) is 0. The maximum Gasteiger partial charge on any atom is 0.157 e. The fraction of sp³-hybridized carbons (Fsp3) is 0.924. The first-order valence-corrected chi connectivity index (χ1v) is 53.0. The van der Waals surface area contributed by atoms with Gasteiger partial charge in [0, 0.05) is 157 Å². The van der Waals surface area contributed by atoms with Crippen LogP contribution in [-0.2, 0) is 47.9 Å². The maximum absolute atomic E-state index is 13.0. The number of hydrogen-bond donors (Lipinski definition) is 6. The Hall–Kier alpha value is -2.90. The molecule has 0 aromatic rings. The lowest BCUT2D eigenvalue weighted by molar-refractivity contribution is -0.143. The van der Waals surface area contributed by atoms with E-state index in [9.17, 15) is 43.2 Å². The van der Waals surface area contributed by atoms with Gasteiger partial charge in [0.15, 0.2) is 5.78 Å². The minimum absolute atomic E-state index is 0.0349. The molecule has 0 spiro atoms. The molecule has 808 valence electrons. The van der Waals surface area contributed by atoms with E-state index in [0.717, 1.165) is 83.4 Å². The van der Waals surface area contributed by atoms with E-state index in [-0.39, 0.29) is 132 Å². The fourth-order valence-corrected chi connectivity index (χ4v) is 17.5. The number of thioether (sulfide) groups is 1. The van der Waals surface area contributed by atoms with Crippen LogP contribution in [0.2, 0.25) is 0 Å². The lowest BCUT2D eigenvalue weighted by atomic mass is 9.60. The first-order chi connectivity index (χ1) is 58.3. The van der Waals surface area contributed by atoms with Crippen LogP contribution in [0.1, 0.15) is 515 Å². The minimum Gasteiger partial charge on any atom is -0.379 e. The quantitative estimate of drug-likeness (QED) is 0.0320. The van der Waals surface area contributed by atoms with Gasteiger partial charge in [-0.2, -0.15) is 11.8 Å². The van der Waals surface area contributed by atoms with E-state index in [4.69, 9.17) is 4.74 Å². The van der Waals surface area contributed by atoms with Gasteiger partial charge in [0.25, 0.3) is 0 Å². The van der Waals surface area contributed by atoms with Crippen molar-refractivity contribution < 1.29 is 47.9 Å². The highest BCUT2D eigenvalue weighted by atomic mass is 32.2. The van der Waals surface area contributed by atoms with Crippen LogP contribution in [0.4, 0.5) is 0 Å². The molecule has 0 amide bonds. The van der Waals surface area contributed by atoms with Crippen LogP contribution in [0.15, 0.2) is 0 Å². The highest BCUT2D eigenvalue weighted by Crippen LogP contribution is 2.44. The van der Waals surface area contributed by atoms with Gasteiger partial charge in [-0.25, -0.2) is 0 Å². The van der Waals surface area contributed by atoms with Crippen LogP contribution < -0.4 is 31.9 Å². The molecule has 6 N–H and O–H groups in total. The van der Waals surface area contributed by atoms with Crippen LogP contribution in [-0.4, -0.2) is 147 Å². The monoisotopic (exact) mass is 1930 g/mol. The number of ketones is 9. The zero-order valence-corrected chi connectivity index (χ0v) is 104. The van der Waals surface area contributed by atoms with Gasteiger partial charge in [0.1, 0.15) is 46.3 Å². The SMILES string of the molecule is CC(C)(C)C(=O)CCC(C)(C)C(=O)C(C)(C)C.CC(C)(C)NC(C)(C)C(=O)C(C)(C)C.CC(C)(C)NCC(C)(C)C(=O)C(C)(C)C.CC(C)(C)NCCCCC(C)(C)C(=O)C(C)(C)C.CC(C)(C)NCCOCC(C)(C)C(=O)C(C)(C)C.CC(C)(C)SCCCC(C)(C)C(=O)C(C)(C)C.CC(C)C(CNC(C)(C)C)(C(=O)C(C)(C)C)C(C)C.CCC(CC)(CNC(C)(C)C)C(=O)C(C)(C)C. The lowest BCUT2D eigenvalue weighted by Crippen LogP contribution is -2.57. The minimum atomic E-state index is -0.462. The fourth-order valence-electron chi connectivity index (χ4n) is 16.6. The Morgan fingerprint density at radius 2 is 0.541 bits per heavy atom. The molecule has 0 atom stereocenters. The molecule has 0 saturated carbocycles. The number of carbonyl (C=O) groups excluding carboxylic acids is 9. The molecular formula is C118H240N6O10S. The Balaban J connectivity index is -0.000000228. The zero-order chi connectivity index (χ0) is 111. The summed E-state index contributed by atoms with van der Waals surface area (Å²) in [4.78, 5) is 111. The number of nitrogens with one attached hydrogen (secondary N) is 6. The molecule has 0 saturated heterocycles. The molecule has 0 bridgehead atoms. The Morgan fingerprint density at radius 3 is 0.815 bits per heavy atom. The number of carbonyl (C=O) groups is 9. The molecule has 0 rings (SSSR count). The summed E-state index contributed by atoms with van der Waals surface area (Å²) >= 11 is 1.98. The zero-order valence-electron chi connectivity index (χ0n) is 103. The van der Waals surface area contributed by atoms with Crippen LogP contribution in [0, 0.1) is 98.5 Å². The molecule has 0 fully saturated rings.